The number of rotatable bonds is 7. The largest absolute Gasteiger partial charge is 0.497 e. The lowest BCUT2D eigenvalue weighted by atomic mass is 10.1. The molecule has 0 aliphatic rings. The molecule has 0 aliphatic heterocycles. The Morgan fingerprint density at radius 2 is 1.80 bits per heavy atom. The number of benzene rings is 2. The second-order valence-corrected chi connectivity index (χ2v) is 6.43. The first-order valence-electron chi connectivity index (χ1n) is 9.22. The van der Waals surface area contributed by atoms with Gasteiger partial charge < -0.3 is 14.2 Å². The molecular formula is C22H23N3O5. The van der Waals surface area contributed by atoms with Gasteiger partial charge in [-0.15, -0.1) is 0 Å². The molecule has 0 amide bonds. The predicted octanol–water partition coefficient (Wildman–Crippen LogP) is 3.04. The van der Waals surface area contributed by atoms with Gasteiger partial charge in [-0.25, -0.2) is 9.67 Å². The van der Waals surface area contributed by atoms with Gasteiger partial charge in [0.25, 0.3) is 5.56 Å². The fourth-order valence-corrected chi connectivity index (χ4v) is 3.08. The average molecular weight is 409 g/mol. The van der Waals surface area contributed by atoms with E-state index < -0.39 is 5.97 Å². The Hall–Kier alpha value is -3.81. The van der Waals surface area contributed by atoms with E-state index in [2.05, 4.69) is 10.1 Å². The van der Waals surface area contributed by atoms with Gasteiger partial charge in [0, 0.05) is 6.07 Å². The second-order valence-electron chi connectivity index (χ2n) is 6.43. The average Bonchev–Trinajstić information content (AvgIpc) is 3.09. The number of carbonyl (C=O) groups excluding carboxylic acids is 1. The van der Waals surface area contributed by atoms with E-state index in [0.717, 1.165) is 0 Å². The molecule has 2 aromatic carbocycles. The molecule has 0 unspecified atom stereocenters. The molecule has 1 heterocycles. The number of hydrogen-bond donors (Lipinski definition) is 1. The Bertz CT molecular complexity index is 1130. The smallest absolute Gasteiger partial charge is 0.311 e. The van der Waals surface area contributed by atoms with Crippen molar-refractivity contribution in [3.63, 3.8) is 0 Å². The van der Waals surface area contributed by atoms with Gasteiger partial charge in [0.15, 0.2) is 0 Å². The minimum atomic E-state index is -0.468. The Morgan fingerprint density at radius 3 is 2.43 bits per heavy atom. The zero-order valence-electron chi connectivity index (χ0n) is 17.3. The molecule has 0 atom stereocenters. The summed E-state index contributed by atoms with van der Waals surface area (Å²) in [7, 11) is 4.40. The highest BCUT2D eigenvalue weighted by Crippen LogP contribution is 2.32. The van der Waals surface area contributed by atoms with Crippen molar-refractivity contribution in [2.24, 2.45) is 4.99 Å². The number of aliphatic imine (C=N–C) groups is 1. The van der Waals surface area contributed by atoms with Gasteiger partial charge in [-0.3, -0.25) is 14.7 Å². The van der Waals surface area contributed by atoms with Gasteiger partial charge in [0.2, 0.25) is 0 Å². The third kappa shape index (κ3) is 4.27. The van der Waals surface area contributed by atoms with E-state index in [4.69, 9.17) is 14.2 Å². The number of aromatic nitrogens is 2. The van der Waals surface area contributed by atoms with Crippen molar-refractivity contribution in [2.45, 2.75) is 13.3 Å². The van der Waals surface area contributed by atoms with Crippen LogP contribution in [0.3, 0.4) is 0 Å². The molecule has 0 saturated carbocycles. The topological polar surface area (TPSA) is 94.9 Å². The number of carbonyl (C=O) groups is 1. The lowest BCUT2D eigenvalue weighted by Gasteiger charge is -2.08. The first-order chi connectivity index (χ1) is 14.5. The number of ether oxygens (including phenoxy) is 3. The highest BCUT2D eigenvalue weighted by Gasteiger charge is 2.21. The first kappa shape index (κ1) is 20.9. The summed E-state index contributed by atoms with van der Waals surface area (Å²) in [6.45, 7) is 1.71. The summed E-state index contributed by atoms with van der Waals surface area (Å²) in [5.74, 6) is 0.668. The van der Waals surface area contributed by atoms with E-state index in [1.165, 1.54) is 18.9 Å². The Morgan fingerprint density at radius 1 is 1.07 bits per heavy atom. The summed E-state index contributed by atoms with van der Waals surface area (Å²) >= 11 is 0. The molecule has 0 aliphatic carbocycles. The predicted molar refractivity (Wildman–Crippen MR) is 114 cm³/mol. The Balaban J connectivity index is 2.16. The van der Waals surface area contributed by atoms with E-state index in [-0.39, 0.29) is 12.0 Å². The summed E-state index contributed by atoms with van der Waals surface area (Å²) < 4.78 is 16.8. The molecule has 8 nitrogen and oxygen atoms in total. The quantitative estimate of drug-likeness (QED) is 0.478. The fourth-order valence-electron chi connectivity index (χ4n) is 3.08. The number of para-hydroxylation sites is 1. The molecule has 1 aromatic heterocycles. The maximum atomic E-state index is 13.2. The van der Waals surface area contributed by atoms with E-state index >= 15 is 0 Å². The van der Waals surface area contributed by atoms with Gasteiger partial charge in [-0.05, 0) is 31.2 Å². The number of aromatic amines is 1. The SMILES string of the molecule is COC(=O)Cc1[nH]n(-c2ccccc2)c(=O)c1C(C)=Nc1cc(OC)ccc1OC. The molecule has 0 bridgehead atoms. The molecule has 156 valence electrons. The minimum Gasteiger partial charge on any atom is -0.497 e. The van der Waals surface area contributed by atoms with Crippen LogP contribution in [0.4, 0.5) is 5.69 Å². The third-order valence-corrected chi connectivity index (χ3v) is 4.56. The zero-order chi connectivity index (χ0) is 21.7. The van der Waals surface area contributed by atoms with Crippen molar-refractivity contribution in [3.8, 4) is 17.2 Å². The molecule has 0 fully saturated rings. The lowest BCUT2D eigenvalue weighted by molar-refractivity contribution is -0.139. The van der Waals surface area contributed by atoms with Crippen molar-refractivity contribution in [1.29, 1.82) is 0 Å². The van der Waals surface area contributed by atoms with Gasteiger partial charge in [-0.2, -0.15) is 0 Å². The molecule has 3 aromatic rings. The lowest BCUT2D eigenvalue weighted by Crippen LogP contribution is -2.20. The molecule has 0 spiro atoms. The molecule has 1 N–H and O–H groups in total. The maximum Gasteiger partial charge on any atom is 0.311 e. The van der Waals surface area contributed by atoms with Gasteiger partial charge in [-0.1, -0.05) is 18.2 Å². The maximum absolute atomic E-state index is 13.2. The summed E-state index contributed by atoms with van der Waals surface area (Å²) in [5, 5.41) is 3.02. The number of esters is 1. The second kappa shape index (κ2) is 9.13. The molecule has 8 heteroatoms. The van der Waals surface area contributed by atoms with Crippen LogP contribution < -0.4 is 15.0 Å². The monoisotopic (exact) mass is 409 g/mol. The highest BCUT2D eigenvalue weighted by atomic mass is 16.5. The number of nitrogens with zero attached hydrogens (tertiary/aromatic N) is 2. The van der Waals surface area contributed by atoms with Crippen molar-refractivity contribution >= 4 is 17.4 Å². The van der Waals surface area contributed by atoms with Gasteiger partial charge >= 0.3 is 5.97 Å². The van der Waals surface area contributed by atoms with Crippen LogP contribution in [0, 0.1) is 0 Å². The van der Waals surface area contributed by atoms with E-state index in [1.54, 1.807) is 44.4 Å². The molecule has 3 rings (SSSR count). The van der Waals surface area contributed by atoms with Gasteiger partial charge in [0.05, 0.1) is 50.4 Å². The normalized spacial score (nSPS) is 11.3. The van der Waals surface area contributed by atoms with E-state index in [9.17, 15) is 9.59 Å². The van der Waals surface area contributed by atoms with Crippen LogP contribution in [-0.4, -0.2) is 42.8 Å². The van der Waals surface area contributed by atoms with E-state index in [0.29, 0.717) is 39.8 Å². The van der Waals surface area contributed by atoms with Crippen LogP contribution in [0.5, 0.6) is 11.5 Å². The summed E-state index contributed by atoms with van der Waals surface area (Å²) in [4.78, 5) is 29.7. The van der Waals surface area contributed by atoms with Crippen molar-refractivity contribution in [1.82, 2.24) is 9.78 Å². The number of hydrogen-bond acceptors (Lipinski definition) is 6. The van der Waals surface area contributed by atoms with Gasteiger partial charge in [0.1, 0.15) is 17.2 Å². The molecule has 0 radical (unpaired) electrons. The van der Waals surface area contributed by atoms with Crippen LogP contribution in [0.15, 0.2) is 58.3 Å². The molecule has 30 heavy (non-hydrogen) atoms. The van der Waals surface area contributed by atoms with Crippen molar-refractivity contribution in [3.05, 3.63) is 70.1 Å². The van der Waals surface area contributed by atoms with Crippen molar-refractivity contribution in [2.75, 3.05) is 21.3 Å². The summed E-state index contributed by atoms with van der Waals surface area (Å²) in [6.07, 6.45) is -0.0942. The van der Waals surface area contributed by atoms with Crippen LogP contribution in [0.1, 0.15) is 18.2 Å². The van der Waals surface area contributed by atoms with E-state index in [1.807, 2.05) is 18.2 Å². The third-order valence-electron chi connectivity index (χ3n) is 4.56. The Labute approximate surface area is 173 Å². The number of methoxy groups -OCH3 is 3. The number of H-pyrrole nitrogens is 1. The van der Waals surface area contributed by atoms with Crippen LogP contribution in [0.2, 0.25) is 0 Å². The first-order valence-corrected chi connectivity index (χ1v) is 9.22. The van der Waals surface area contributed by atoms with Crippen LogP contribution >= 0.6 is 0 Å². The Kier molecular flexibility index (Phi) is 6.36. The molecule has 0 saturated heterocycles. The van der Waals surface area contributed by atoms with Crippen molar-refractivity contribution < 1.29 is 19.0 Å². The van der Waals surface area contributed by atoms with Crippen LogP contribution in [0.25, 0.3) is 5.69 Å². The zero-order valence-corrected chi connectivity index (χ0v) is 17.3. The standard InChI is InChI=1S/C22H23N3O5/c1-14(23-17-12-16(28-2)10-11-19(17)29-3)21-18(13-20(26)30-4)24-25(22(21)27)15-8-6-5-7-9-15/h5-12,24H,13H2,1-4H3. The minimum absolute atomic E-state index is 0.0942. The molecular weight excluding hydrogens is 386 g/mol. The summed E-state index contributed by atoms with van der Waals surface area (Å²) in [5.41, 5.74) is 1.98. The highest BCUT2D eigenvalue weighted by molar-refractivity contribution is 6.02. The summed E-state index contributed by atoms with van der Waals surface area (Å²) in [6, 6.07) is 14.3. The number of nitrogens with one attached hydrogen (secondary N) is 1. The fraction of sp³-hybridized carbons (Fsp3) is 0.227. The van der Waals surface area contributed by atoms with Crippen LogP contribution in [-0.2, 0) is 16.0 Å².